The smallest absolute Gasteiger partial charge is 0.267 e. The van der Waals surface area contributed by atoms with Gasteiger partial charge in [0.2, 0.25) is 0 Å². The van der Waals surface area contributed by atoms with Crippen molar-refractivity contribution < 1.29 is 27.9 Å². The number of anilines is 1. The molecule has 0 spiro atoms. The van der Waals surface area contributed by atoms with Gasteiger partial charge in [-0.25, -0.2) is 13.9 Å². The summed E-state index contributed by atoms with van der Waals surface area (Å²) >= 11 is 0. The topological polar surface area (TPSA) is 114 Å². The van der Waals surface area contributed by atoms with Crippen LogP contribution < -0.4 is 19.7 Å². The van der Waals surface area contributed by atoms with Gasteiger partial charge in [0.25, 0.3) is 15.9 Å². The first-order valence-corrected chi connectivity index (χ1v) is 10.9. The molecule has 0 bridgehead atoms. The van der Waals surface area contributed by atoms with Gasteiger partial charge in [-0.1, -0.05) is 42.5 Å². The highest BCUT2D eigenvalue weighted by atomic mass is 32.2. The van der Waals surface area contributed by atoms with Crippen molar-refractivity contribution in [3.8, 4) is 11.5 Å². The van der Waals surface area contributed by atoms with Crippen LogP contribution in [0.5, 0.6) is 11.5 Å². The Balaban J connectivity index is 1.98. The van der Waals surface area contributed by atoms with Crippen LogP contribution in [-0.4, -0.2) is 33.8 Å². The van der Waals surface area contributed by atoms with Gasteiger partial charge in [-0.2, -0.15) is 0 Å². The van der Waals surface area contributed by atoms with Gasteiger partial charge in [0.15, 0.2) is 11.5 Å². The summed E-state index contributed by atoms with van der Waals surface area (Å²) < 4.78 is 38.7. The van der Waals surface area contributed by atoms with Crippen LogP contribution in [-0.2, 0) is 14.8 Å². The summed E-state index contributed by atoms with van der Waals surface area (Å²) in [6.07, 6.45) is 1.23. The van der Waals surface area contributed by atoms with E-state index in [2.05, 4.69) is 4.72 Å². The molecule has 1 amide bonds. The highest BCUT2D eigenvalue weighted by Crippen LogP contribution is 2.31. The summed E-state index contributed by atoms with van der Waals surface area (Å²) in [5.74, 6) is -0.0122. The maximum atomic E-state index is 12.9. The minimum atomic E-state index is -3.93. The first kappa shape index (κ1) is 22.9. The predicted molar refractivity (Wildman–Crippen MR) is 120 cm³/mol. The van der Waals surface area contributed by atoms with Crippen molar-refractivity contribution in [2.45, 2.75) is 4.90 Å². The number of carbonyl (C=O) groups excluding carboxylic acids is 1. The third-order valence-corrected chi connectivity index (χ3v) is 5.94. The minimum absolute atomic E-state index is 0.000892. The molecular weight excluding hydrogens is 432 g/mol. The van der Waals surface area contributed by atoms with Crippen molar-refractivity contribution in [1.82, 2.24) is 5.48 Å². The van der Waals surface area contributed by atoms with E-state index < -0.39 is 15.9 Å². The lowest BCUT2D eigenvalue weighted by atomic mass is 9.97. The number of amides is 1. The Kier molecular flexibility index (Phi) is 7.14. The van der Waals surface area contributed by atoms with E-state index in [0.717, 1.165) is 5.56 Å². The van der Waals surface area contributed by atoms with Gasteiger partial charge < -0.3 is 9.47 Å². The molecule has 0 aliphatic heterocycles. The number of methoxy groups -OCH3 is 2. The average molecular weight is 455 g/mol. The quantitative estimate of drug-likeness (QED) is 0.273. The number of nitrogens with one attached hydrogen (secondary N) is 2. The molecule has 166 valence electrons. The summed E-state index contributed by atoms with van der Waals surface area (Å²) in [6.45, 7) is 0. The number of benzene rings is 3. The first-order chi connectivity index (χ1) is 15.4. The fraction of sp³-hybridized carbons (Fsp3) is 0.0870. The Hall–Kier alpha value is -3.82. The van der Waals surface area contributed by atoms with Gasteiger partial charge in [-0.3, -0.25) is 14.7 Å². The maximum absolute atomic E-state index is 12.9. The molecule has 3 aromatic carbocycles. The van der Waals surface area contributed by atoms with Gasteiger partial charge in [-0.15, -0.1) is 0 Å². The number of hydroxylamine groups is 1. The zero-order valence-electron chi connectivity index (χ0n) is 17.4. The lowest BCUT2D eigenvalue weighted by Crippen LogP contribution is -2.16. The summed E-state index contributed by atoms with van der Waals surface area (Å²) in [7, 11) is -1.05. The zero-order valence-corrected chi connectivity index (χ0v) is 18.2. The maximum Gasteiger partial charge on any atom is 0.267 e. The predicted octanol–water partition coefficient (Wildman–Crippen LogP) is 3.44. The second kappa shape index (κ2) is 9.99. The van der Waals surface area contributed by atoms with E-state index in [4.69, 9.17) is 14.7 Å². The van der Waals surface area contributed by atoms with E-state index in [1.54, 1.807) is 41.9 Å². The van der Waals surface area contributed by atoms with Crippen LogP contribution in [0.4, 0.5) is 5.69 Å². The molecule has 0 aliphatic carbocycles. The molecule has 0 saturated carbocycles. The SMILES string of the molecule is COc1ccc(S(=O)(=O)Nc2cccc(/C(=C\C(=O)NO)c3ccccc3)c2)cc1OC. The van der Waals surface area contributed by atoms with Crippen molar-refractivity contribution >= 4 is 27.2 Å². The fourth-order valence-corrected chi connectivity index (χ4v) is 4.13. The molecule has 32 heavy (non-hydrogen) atoms. The minimum Gasteiger partial charge on any atom is -0.493 e. The van der Waals surface area contributed by atoms with Crippen molar-refractivity contribution in [2.75, 3.05) is 18.9 Å². The molecule has 0 radical (unpaired) electrons. The van der Waals surface area contributed by atoms with E-state index in [0.29, 0.717) is 22.6 Å². The Morgan fingerprint density at radius 3 is 2.22 bits per heavy atom. The Bertz CT molecular complexity index is 1240. The van der Waals surface area contributed by atoms with E-state index >= 15 is 0 Å². The van der Waals surface area contributed by atoms with Gasteiger partial charge >= 0.3 is 0 Å². The molecule has 9 heteroatoms. The van der Waals surface area contributed by atoms with Crippen LogP contribution >= 0.6 is 0 Å². The number of hydrogen-bond donors (Lipinski definition) is 3. The third kappa shape index (κ3) is 5.26. The third-order valence-electron chi connectivity index (χ3n) is 4.56. The van der Waals surface area contributed by atoms with E-state index in [9.17, 15) is 13.2 Å². The van der Waals surface area contributed by atoms with Gasteiger partial charge in [0, 0.05) is 17.8 Å². The molecule has 0 fully saturated rings. The molecule has 0 atom stereocenters. The summed E-state index contributed by atoms with van der Waals surface area (Å²) in [4.78, 5) is 11.8. The molecule has 3 aromatic rings. The lowest BCUT2D eigenvalue weighted by Gasteiger charge is -2.13. The summed E-state index contributed by atoms with van der Waals surface area (Å²) in [5, 5.41) is 8.94. The molecule has 0 aromatic heterocycles. The second-order valence-electron chi connectivity index (χ2n) is 6.60. The first-order valence-electron chi connectivity index (χ1n) is 9.44. The normalized spacial score (nSPS) is 11.5. The highest BCUT2D eigenvalue weighted by Gasteiger charge is 2.18. The molecule has 0 saturated heterocycles. The molecule has 0 heterocycles. The zero-order chi connectivity index (χ0) is 23.1. The number of rotatable bonds is 8. The van der Waals surface area contributed by atoms with Crippen LogP contribution in [0.3, 0.4) is 0 Å². The largest absolute Gasteiger partial charge is 0.493 e. The summed E-state index contributed by atoms with van der Waals surface area (Å²) in [6, 6.07) is 19.9. The van der Waals surface area contributed by atoms with Crippen molar-refractivity contribution in [3.05, 3.63) is 90.0 Å². The standard InChI is InChI=1S/C23H22N2O6S/c1-30-21-12-11-19(14-22(21)31-2)32(28,29)25-18-10-6-9-17(13-18)20(15-23(26)24-27)16-7-4-3-5-8-16/h3-15,25,27H,1-2H3,(H,24,26)/b20-15-. The molecule has 8 nitrogen and oxygen atoms in total. The van der Waals surface area contributed by atoms with Crippen molar-refractivity contribution in [3.63, 3.8) is 0 Å². The molecule has 0 unspecified atom stereocenters. The van der Waals surface area contributed by atoms with Crippen LogP contribution in [0.1, 0.15) is 11.1 Å². The Morgan fingerprint density at radius 1 is 0.875 bits per heavy atom. The number of sulfonamides is 1. The molecule has 3 rings (SSSR count). The van der Waals surface area contributed by atoms with Crippen LogP contribution in [0, 0.1) is 0 Å². The Labute approximate surface area is 186 Å². The van der Waals surface area contributed by atoms with Crippen molar-refractivity contribution in [1.29, 1.82) is 0 Å². The van der Waals surface area contributed by atoms with Crippen LogP contribution in [0.2, 0.25) is 0 Å². The summed E-state index contributed by atoms with van der Waals surface area (Å²) in [5.41, 5.74) is 3.67. The highest BCUT2D eigenvalue weighted by molar-refractivity contribution is 7.92. The van der Waals surface area contributed by atoms with Gasteiger partial charge in [0.1, 0.15) is 0 Å². The van der Waals surface area contributed by atoms with Crippen molar-refractivity contribution in [2.24, 2.45) is 0 Å². The van der Waals surface area contributed by atoms with Crippen LogP contribution in [0.25, 0.3) is 5.57 Å². The molecule has 0 aliphatic rings. The van der Waals surface area contributed by atoms with Gasteiger partial charge in [-0.05, 0) is 41.0 Å². The molecular formula is C23H22N2O6S. The number of carbonyl (C=O) groups is 1. The average Bonchev–Trinajstić information content (AvgIpc) is 2.82. The van der Waals surface area contributed by atoms with E-state index in [1.807, 2.05) is 18.2 Å². The van der Waals surface area contributed by atoms with E-state index in [-0.39, 0.29) is 10.6 Å². The lowest BCUT2D eigenvalue weighted by molar-refractivity contribution is -0.124. The second-order valence-corrected chi connectivity index (χ2v) is 8.29. The fourth-order valence-electron chi connectivity index (χ4n) is 3.06. The number of hydrogen-bond acceptors (Lipinski definition) is 6. The molecule has 3 N–H and O–H groups in total. The van der Waals surface area contributed by atoms with E-state index in [1.165, 1.54) is 38.5 Å². The monoisotopic (exact) mass is 454 g/mol. The van der Waals surface area contributed by atoms with Crippen LogP contribution in [0.15, 0.2) is 83.8 Å². The van der Waals surface area contributed by atoms with Gasteiger partial charge in [0.05, 0.1) is 19.1 Å². The Morgan fingerprint density at radius 2 is 1.56 bits per heavy atom. The number of ether oxygens (including phenoxy) is 2.